The van der Waals surface area contributed by atoms with E-state index in [-0.39, 0.29) is 6.54 Å². The van der Waals surface area contributed by atoms with Crippen LogP contribution < -0.4 is 4.72 Å². The van der Waals surface area contributed by atoms with Crippen molar-refractivity contribution in [1.29, 1.82) is 0 Å². The number of nitrogens with one attached hydrogen (secondary N) is 1. The first-order valence-corrected chi connectivity index (χ1v) is 9.32. The van der Waals surface area contributed by atoms with Crippen LogP contribution in [0.2, 0.25) is 5.02 Å². The zero-order chi connectivity index (χ0) is 17.4. The Morgan fingerprint density at radius 1 is 0.957 bits per heavy atom. The highest BCUT2D eigenvalue weighted by Gasteiger charge is 2.22. The molecule has 0 amide bonds. The van der Waals surface area contributed by atoms with Gasteiger partial charge in [-0.2, -0.15) is 0 Å². The van der Waals surface area contributed by atoms with E-state index < -0.39 is 10.0 Å². The summed E-state index contributed by atoms with van der Waals surface area (Å²) in [4.78, 5) is 0.375. The zero-order valence-electron chi connectivity index (χ0n) is 14.1. The molecule has 2 aromatic carbocycles. The van der Waals surface area contributed by atoms with Crippen molar-refractivity contribution in [3.05, 3.63) is 62.7 Å². The highest BCUT2D eigenvalue weighted by atomic mass is 35.5. The van der Waals surface area contributed by atoms with E-state index in [0.29, 0.717) is 9.92 Å². The van der Waals surface area contributed by atoms with Crippen LogP contribution >= 0.6 is 11.6 Å². The Balaban J connectivity index is 2.41. The van der Waals surface area contributed by atoms with Crippen molar-refractivity contribution in [3.8, 4) is 0 Å². The molecule has 0 radical (unpaired) electrons. The maximum atomic E-state index is 12.8. The first kappa shape index (κ1) is 18.0. The number of sulfonamides is 1. The fourth-order valence-corrected chi connectivity index (χ4v) is 4.61. The first-order valence-electron chi connectivity index (χ1n) is 7.46. The minimum Gasteiger partial charge on any atom is -0.207 e. The molecule has 0 atom stereocenters. The Morgan fingerprint density at radius 2 is 1.52 bits per heavy atom. The highest BCUT2D eigenvalue weighted by molar-refractivity contribution is 7.89. The predicted molar refractivity (Wildman–Crippen MR) is 95.6 cm³/mol. The Labute approximate surface area is 143 Å². The molecule has 0 aromatic heterocycles. The van der Waals surface area contributed by atoms with Crippen molar-refractivity contribution in [2.24, 2.45) is 0 Å². The van der Waals surface area contributed by atoms with Gasteiger partial charge in [0.2, 0.25) is 10.0 Å². The zero-order valence-corrected chi connectivity index (χ0v) is 15.7. The van der Waals surface area contributed by atoms with Gasteiger partial charge < -0.3 is 0 Å². The van der Waals surface area contributed by atoms with Crippen molar-refractivity contribution in [3.63, 3.8) is 0 Å². The molecule has 2 rings (SSSR count). The van der Waals surface area contributed by atoms with Gasteiger partial charge >= 0.3 is 0 Å². The van der Waals surface area contributed by atoms with E-state index in [2.05, 4.69) is 4.72 Å². The summed E-state index contributed by atoms with van der Waals surface area (Å²) < 4.78 is 28.3. The number of aryl methyl sites for hydroxylation is 3. The normalized spacial score (nSPS) is 11.7. The summed E-state index contributed by atoms with van der Waals surface area (Å²) in [6.45, 7) is 9.65. The number of hydrogen-bond acceptors (Lipinski definition) is 2. The summed E-state index contributed by atoms with van der Waals surface area (Å²) in [5, 5.41) is 0.571. The maximum absolute atomic E-state index is 12.8. The Kier molecular flexibility index (Phi) is 5.19. The van der Waals surface area contributed by atoms with Gasteiger partial charge in [-0.3, -0.25) is 0 Å². The van der Waals surface area contributed by atoms with E-state index in [4.69, 9.17) is 11.6 Å². The topological polar surface area (TPSA) is 46.2 Å². The standard InChI is InChI=1S/C18H22ClNO2S/c1-11-7-6-8-17(19)16(11)10-20-23(21,22)18-14(4)12(2)9-13(3)15(18)5/h6-9,20H,10H2,1-5H3. The summed E-state index contributed by atoms with van der Waals surface area (Å²) in [5.41, 5.74) is 5.30. The van der Waals surface area contributed by atoms with Crippen molar-refractivity contribution in [2.75, 3.05) is 0 Å². The Hall–Kier alpha value is -1.36. The second-order valence-corrected chi connectivity index (χ2v) is 8.06. The second-order valence-electron chi connectivity index (χ2n) is 5.95. The molecule has 124 valence electrons. The Bertz CT molecular complexity index is 811. The van der Waals surface area contributed by atoms with Gasteiger partial charge in [-0.25, -0.2) is 13.1 Å². The van der Waals surface area contributed by atoms with E-state index in [1.54, 1.807) is 6.07 Å². The molecule has 0 aliphatic rings. The lowest BCUT2D eigenvalue weighted by Crippen LogP contribution is -2.26. The molecular formula is C18H22ClNO2S. The summed E-state index contributed by atoms with van der Waals surface area (Å²) in [7, 11) is -3.61. The largest absolute Gasteiger partial charge is 0.241 e. The van der Waals surface area contributed by atoms with Gasteiger partial charge in [0.15, 0.2) is 0 Å². The fraction of sp³-hybridized carbons (Fsp3) is 0.333. The third kappa shape index (κ3) is 3.60. The number of benzene rings is 2. The summed E-state index contributed by atoms with van der Waals surface area (Å²) in [6, 6.07) is 7.56. The van der Waals surface area contributed by atoms with Crippen molar-refractivity contribution in [1.82, 2.24) is 4.72 Å². The number of halogens is 1. The van der Waals surface area contributed by atoms with Crippen LogP contribution in [0.4, 0.5) is 0 Å². The quantitative estimate of drug-likeness (QED) is 0.889. The average Bonchev–Trinajstić information content (AvgIpc) is 2.44. The smallest absolute Gasteiger partial charge is 0.207 e. The minimum absolute atomic E-state index is 0.180. The molecule has 0 unspecified atom stereocenters. The molecular weight excluding hydrogens is 330 g/mol. The van der Waals surface area contributed by atoms with Gasteiger partial charge in [-0.1, -0.05) is 29.8 Å². The summed E-state index contributed by atoms with van der Waals surface area (Å²) >= 11 is 6.18. The molecule has 3 nitrogen and oxygen atoms in total. The van der Waals surface area contributed by atoms with E-state index in [0.717, 1.165) is 33.4 Å². The summed E-state index contributed by atoms with van der Waals surface area (Å²) in [5.74, 6) is 0. The Morgan fingerprint density at radius 3 is 2.04 bits per heavy atom. The lowest BCUT2D eigenvalue weighted by molar-refractivity contribution is 0.579. The molecule has 0 fully saturated rings. The summed E-state index contributed by atoms with van der Waals surface area (Å²) in [6.07, 6.45) is 0. The van der Waals surface area contributed by atoms with Crippen LogP contribution in [0, 0.1) is 34.6 Å². The molecule has 1 N–H and O–H groups in total. The van der Waals surface area contributed by atoms with E-state index in [9.17, 15) is 8.42 Å². The van der Waals surface area contributed by atoms with Gasteiger partial charge in [-0.05, 0) is 74.1 Å². The van der Waals surface area contributed by atoms with Crippen LogP contribution in [-0.4, -0.2) is 8.42 Å². The minimum atomic E-state index is -3.61. The van der Waals surface area contributed by atoms with Crippen molar-refractivity contribution in [2.45, 2.75) is 46.1 Å². The molecule has 2 aromatic rings. The number of rotatable bonds is 4. The monoisotopic (exact) mass is 351 g/mol. The second kappa shape index (κ2) is 6.63. The lowest BCUT2D eigenvalue weighted by atomic mass is 10.0. The highest BCUT2D eigenvalue weighted by Crippen LogP contribution is 2.27. The van der Waals surface area contributed by atoms with Crippen LogP contribution in [-0.2, 0) is 16.6 Å². The van der Waals surface area contributed by atoms with Gasteiger partial charge in [0.1, 0.15) is 0 Å². The van der Waals surface area contributed by atoms with Gasteiger partial charge in [0.25, 0.3) is 0 Å². The molecule has 0 heterocycles. The molecule has 0 bridgehead atoms. The molecule has 0 saturated carbocycles. The van der Waals surface area contributed by atoms with Crippen molar-refractivity contribution < 1.29 is 8.42 Å². The van der Waals surface area contributed by atoms with Crippen LogP contribution in [0.5, 0.6) is 0 Å². The van der Waals surface area contributed by atoms with Crippen LogP contribution in [0.15, 0.2) is 29.2 Å². The third-order valence-corrected chi connectivity index (χ3v) is 6.39. The molecule has 23 heavy (non-hydrogen) atoms. The maximum Gasteiger partial charge on any atom is 0.241 e. The first-order chi connectivity index (χ1) is 10.6. The molecule has 0 aliphatic heterocycles. The molecule has 0 spiro atoms. The third-order valence-electron chi connectivity index (χ3n) is 4.36. The van der Waals surface area contributed by atoms with Gasteiger partial charge in [-0.15, -0.1) is 0 Å². The lowest BCUT2D eigenvalue weighted by Gasteiger charge is -2.17. The van der Waals surface area contributed by atoms with Gasteiger partial charge in [0, 0.05) is 11.6 Å². The fourth-order valence-electron chi connectivity index (χ4n) is 2.71. The van der Waals surface area contributed by atoms with Crippen LogP contribution in [0.3, 0.4) is 0 Å². The SMILES string of the molecule is Cc1cc(C)c(C)c(S(=O)(=O)NCc2c(C)cccc2Cl)c1C. The molecule has 0 aliphatic carbocycles. The van der Waals surface area contributed by atoms with E-state index >= 15 is 0 Å². The average molecular weight is 352 g/mol. The van der Waals surface area contributed by atoms with E-state index in [1.165, 1.54) is 0 Å². The van der Waals surface area contributed by atoms with Crippen molar-refractivity contribution >= 4 is 21.6 Å². The predicted octanol–water partition coefficient (Wildman–Crippen LogP) is 4.36. The van der Waals surface area contributed by atoms with Gasteiger partial charge in [0.05, 0.1) is 4.90 Å². The number of hydrogen-bond donors (Lipinski definition) is 1. The van der Waals surface area contributed by atoms with Crippen LogP contribution in [0.1, 0.15) is 33.4 Å². The molecule has 5 heteroatoms. The van der Waals surface area contributed by atoms with Crippen LogP contribution in [0.25, 0.3) is 0 Å². The molecule has 0 saturated heterocycles. The van der Waals surface area contributed by atoms with E-state index in [1.807, 2.05) is 52.8 Å².